The number of carbonyl (C=O) groups is 3. The highest BCUT2D eigenvalue weighted by atomic mass is 127. The standard InChI is InChI=1S/C29H20ClIN2O4S/c30-22-10-3-4-11-24(22)32-27(34)16-33-28(35)26(38-29(33)36)15-18-12-13-25(23(31)14-18)37-17-20-8-5-7-19-6-1-2-9-21(19)20/h1-15H,16-17H2,(H,32,34)/b26-15+. The first-order chi connectivity index (χ1) is 18.4. The normalized spacial score (nSPS) is 14.4. The smallest absolute Gasteiger partial charge is 0.294 e. The summed E-state index contributed by atoms with van der Waals surface area (Å²) in [5, 5.41) is 4.81. The molecule has 190 valence electrons. The molecule has 0 bridgehead atoms. The molecule has 0 unspecified atom stereocenters. The van der Waals surface area contributed by atoms with Crippen LogP contribution in [0.4, 0.5) is 10.5 Å². The van der Waals surface area contributed by atoms with Crippen LogP contribution in [0, 0.1) is 3.57 Å². The summed E-state index contributed by atoms with van der Waals surface area (Å²) in [6.07, 6.45) is 1.65. The second kappa shape index (κ2) is 11.6. The number of rotatable bonds is 7. The molecule has 0 aliphatic carbocycles. The molecular weight excluding hydrogens is 635 g/mol. The third-order valence-electron chi connectivity index (χ3n) is 5.84. The van der Waals surface area contributed by atoms with Gasteiger partial charge >= 0.3 is 0 Å². The molecule has 1 aliphatic rings. The Labute approximate surface area is 242 Å². The summed E-state index contributed by atoms with van der Waals surface area (Å²) < 4.78 is 6.97. The number of hydrogen-bond donors (Lipinski definition) is 1. The largest absolute Gasteiger partial charge is 0.488 e. The van der Waals surface area contributed by atoms with Crippen molar-refractivity contribution in [3.8, 4) is 5.75 Å². The first kappa shape index (κ1) is 26.3. The summed E-state index contributed by atoms with van der Waals surface area (Å²) >= 11 is 9.06. The van der Waals surface area contributed by atoms with Crippen LogP contribution >= 0.6 is 46.0 Å². The van der Waals surface area contributed by atoms with Gasteiger partial charge in [-0.1, -0.05) is 72.3 Å². The van der Waals surface area contributed by atoms with E-state index in [0.717, 1.165) is 47.9 Å². The van der Waals surface area contributed by atoms with Gasteiger partial charge in [-0.25, -0.2) is 0 Å². The molecule has 0 spiro atoms. The second-order valence-electron chi connectivity index (χ2n) is 8.41. The fourth-order valence-electron chi connectivity index (χ4n) is 3.98. The van der Waals surface area contributed by atoms with E-state index in [1.165, 1.54) is 0 Å². The summed E-state index contributed by atoms with van der Waals surface area (Å²) in [6.45, 7) is 0.0254. The molecule has 1 N–H and O–H groups in total. The zero-order chi connectivity index (χ0) is 26.6. The molecule has 5 rings (SSSR count). The monoisotopic (exact) mass is 654 g/mol. The fraction of sp³-hybridized carbons (Fsp3) is 0.0690. The number of carbonyl (C=O) groups excluding carboxylic acids is 3. The predicted octanol–water partition coefficient (Wildman–Crippen LogP) is 7.35. The Morgan fingerprint density at radius 2 is 1.76 bits per heavy atom. The summed E-state index contributed by atoms with van der Waals surface area (Å²) in [5.41, 5.74) is 2.26. The Balaban J connectivity index is 1.25. The van der Waals surface area contributed by atoms with Crippen LogP contribution in [0.15, 0.2) is 89.8 Å². The minimum atomic E-state index is -0.513. The molecule has 4 aromatic rings. The van der Waals surface area contributed by atoms with Crippen LogP contribution < -0.4 is 10.1 Å². The lowest BCUT2D eigenvalue weighted by Gasteiger charge is -2.13. The van der Waals surface area contributed by atoms with Gasteiger partial charge in [-0.15, -0.1) is 0 Å². The number of anilines is 1. The van der Waals surface area contributed by atoms with Crippen LogP contribution in [-0.4, -0.2) is 28.5 Å². The average Bonchev–Trinajstić information content (AvgIpc) is 3.16. The lowest BCUT2D eigenvalue weighted by atomic mass is 10.1. The fourth-order valence-corrected chi connectivity index (χ4v) is 5.70. The van der Waals surface area contributed by atoms with Gasteiger partial charge < -0.3 is 10.1 Å². The van der Waals surface area contributed by atoms with Gasteiger partial charge in [0, 0.05) is 0 Å². The maximum atomic E-state index is 12.9. The van der Waals surface area contributed by atoms with E-state index in [0.29, 0.717) is 17.3 Å². The molecule has 1 aliphatic heterocycles. The molecule has 0 saturated carbocycles. The van der Waals surface area contributed by atoms with Crippen molar-refractivity contribution < 1.29 is 19.1 Å². The third kappa shape index (κ3) is 5.87. The summed E-state index contributed by atoms with van der Waals surface area (Å²) in [7, 11) is 0. The molecule has 1 saturated heterocycles. The Hall–Kier alpha value is -3.34. The van der Waals surface area contributed by atoms with E-state index < -0.39 is 23.6 Å². The summed E-state index contributed by atoms with van der Waals surface area (Å²) in [5.74, 6) is -0.301. The molecule has 38 heavy (non-hydrogen) atoms. The van der Waals surface area contributed by atoms with Crippen molar-refractivity contribution in [1.82, 2.24) is 4.90 Å². The molecule has 3 amide bonds. The van der Waals surface area contributed by atoms with Crippen molar-refractivity contribution in [3.05, 3.63) is 110 Å². The molecule has 4 aromatic carbocycles. The Bertz CT molecular complexity index is 1600. The number of para-hydroxylation sites is 1. The van der Waals surface area contributed by atoms with Gasteiger partial charge in [-0.2, -0.15) is 0 Å². The second-order valence-corrected chi connectivity index (χ2v) is 11.0. The van der Waals surface area contributed by atoms with Gasteiger partial charge in [0.15, 0.2) is 0 Å². The summed E-state index contributed by atoms with van der Waals surface area (Å²) in [4.78, 5) is 39.0. The van der Waals surface area contributed by atoms with Gasteiger partial charge in [0.1, 0.15) is 18.9 Å². The quantitative estimate of drug-likeness (QED) is 0.167. The number of fused-ring (bicyclic) bond motifs is 1. The Kier molecular flexibility index (Phi) is 8.01. The number of ether oxygens (including phenoxy) is 1. The average molecular weight is 655 g/mol. The number of halogens is 2. The van der Waals surface area contributed by atoms with Crippen LogP contribution in [0.2, 0.25) is 5.02 Å². The van der Waals surface area contributed by atoms with Crippen molar-refractivity contribution in [1.29, 1.82) is 0 Å². The molecule has 1 fully saturated rings. The number of nitrogens with one attached hydrogen (secondary N) is 1. The molecule has 9 heteroatoms. The number of thioether (sulfide) groups is 1. The SMILES string of the molecule is O=C(CN1C(=O)S/C(=C/c2ccc(OCc3cccc4ccccc34)c(I)c2)C1=O)Nc1ccccc1Cl. The van der Waals surface area contributed by atoms with Crippen molar-refractivity contribution in [3.63, 3.8) is 0 Å². The van der Waals surface area contributed by atoms with Crippen molar-refractivity contribution in [2.75, 3.05) is 11.9 Å². The lowest BCUT2D eigenvalue weighted by molar-refractivity contribution is -0.127. The van der Waals surface area contributed by atoms with Crippen LogP contribution in [0.5, 0.6) is 5.75 Å². The number of benzene rings is 4. The van der Waals surface area contributed by atoms with Crippen LogP contribution in [0.3, 0.4) is 0 Å². The van der Waals surface area contributed by atoms with Crippen molar-refractivity contribution in [2.24, 2.45) is 0 Å². The highest BCUT2D eigenvalue weighted by molar-refractivity contribution is 14.1. The molecule has 6 nitrogen and oxygen atoms in total. The van der Waals surface area contributed by atoms with Gasteiger partial charge in [0.2, 0.25) is 5.91 Å². The van der Waals surface area contributed by atoms with E-state index in [4.69, 9.17) is 16.3 Å². The molecular formula is C29H20ClIN2O4S. The van der Waals surface area contributed by atoms with Crippen LogP contribution in [0.25, 0.3) is 16.8 Å². The highest BCUT2D eigenvalue weighted by Crippen LogP contribution is 2.33. The Morgan fingerprint density at radius 1 is 1.00 bits per heavy atom. The topological polar surface area (TPSA) is 75.7 Å². The minimum absolute atomic E-state index is 0.251. The van der Waals surface area contributed by atoms with Crippen molar-refractivity contribution >= 4 is 85.5 Å². The number of imide groups is 1. The lowest BCUT2D eigenvalue weighted by Crippen LogP contribution is -2.36. The van der Waals surface area contributed by atoms with Crippen molar-refractivity contribution in [2.45, 2.75) is 6.61 Å². The zero-order valence-corrected chi connectivity index (χ0v) is 23.5. The maximum Gasteiger partial charge on any atom is 0.294 e. The van der Waals surface area contributed by atoms with Crippen LogP contribution in [-0.2, 0) is 16.2 Å². The zero-order valence-electron chi connectivity index (χ0n) is 19.8. The van der Waals surface area contributed by atoms with Gasteiger partial charge in [0.05, 0.1) is 19.2 Å². The van der Waals surface area contributed by atoms with E-state index in [-0.39, 0.29) is 4.91 Å². The van der Waals surface area contributed by atoms with E-state index in [1.54, 1.807) is 30.3 Å². The first-order valence-electron chi connectivity index (χ1n) is 11.6. The van der Waals surface area contributed by atoms with E-state index >= 15 is 0 Å². The molecule has 0 radical (unpaired) electrons. The van der Waals surface area contributed by atoms with E-state index in [1.807, 2.05) is 42.5 Å². The molecule has 0 aromatic heterocycles. The first-order valence-corrected chi connectivity index (χ1v) is 13.8. The highest BCUT2D eigenvalue weighted by Gasteiger charge is 2.36. The van der Waals surface area contributed by atoms with Crippen LogP contribution in [0.1, 0.15) is 11.1 Å². The number of hydrogen-bond acceptors (Lipinski definition) is 5. The minimum Gasteiger partial charge on any atom is -0.488 e. The van der Waals surface area contributed by atoms with Gasteiger partial charge in [-0.3, -0.25) is 19.3 Å². The van der Waals surface area contributed by atoms with E-state index in [2.05, 4.69) is 46.1 Å². The van der Waals surface area contributed by atoms with E-state index in [9.17, 15) is 14.4 Å². The van der Waals surface area contributed by atoms with Gasteiger partial charge in [-0.05, 0) is 86.6 Å². The Morgan fingerprint density at radius 3 is 2.58 bits per heavy atom. The number of nitrogens with zero attached hydrogens (tertiary/aromatic N) is 1. The molecule has 1 heterocycles. The maximum absolute atomic E-state index is 12.9. The number of amides is 3. The summed E-state index contributed by atoms with van der Waals surface area (Å²) in [6, 6.07) is 26.6. The third-order valence-corrected chi connectivity index (χ3v) is 7.92. The molecule has 0 atom stereocenters. The predicted molar refractivity (Wildman–Crippen MR) is 160 cm³/mol. The van der Waals surface area contributed by atoms with Gasteiger partial charge in [0.25, 0.3) is 11.1 Å².